The van der Waals surface area contributed by atoms with E-state index < -0.39 is 0 Å². The molecule has 2 atom stereocenters. The molecule has 0 aromatic heterocycles. The van der Waals surface area contributed by atoms with Crippen molar-refractivity contribution in [3.05, 3.63) is 35.4 Å². The molecule has 1 aliphatic rings. The van der Waals surface area contributed by atoms with Crippen LogP contribution in [-0.4, -0.2) is 13.7 Å². The van der Waals surface area contributed by atoms with Crippen LogP contribution in [0.1, 0.15) is 23.5 Å². The highest BCUT2D eigenvalue weighted by Crippen LogP contribution is 2.47. The second kappa shape index (κ2) is 4.11. The molecule has 0 aliphatic heterocycles. The van der Waals surface area contributed by atoms with Gasteiger partial charge in [-0.3, -0.25) is 0 Å². The van der Waals surface area contributed by atoms with E-state index in [1.54, 1.807) is 7.11 Å². The summed E-state index contributed by atoms with van der Waals surface area (Å²) in [4.78, 5) is 0. The lowest BCUT2D eigenvalue weighted by Crippen LogP contribution is -2.03. The highest BCUT2D eigenvalue weighted by molar-refractivity contribution is 5.34. The van der Waals surface area contributed by atoms with Crippen LogP contribution in [0.5, 0.6) is 0 Å². The molecule has 1 aromatic carbocycles. The number of hydrogen-bond acceptors (Lipinski definition) is 2. The third-order valence-electron chi connectivity index (χ3n) is 2.98. The smallest absolute Gasteiger partial charge is 0.0715 e. The van der Waals surface area contributed by atoms with Gasteiger partial charge in [-0.2, -0.15) is 0 Å². The summed E-state index contributed by atoms with van der Waals surface area (Å²) in [6.45, 7) is 1.52. The van der Waals surface area contributed by atoms with E-state index in [0.717, 1.165) is 6.54 Å². The molecule has 2 rings (SSSR count). The molecule has 1 aromatic rings. The summed E-state index contributed by atoms with van der Waals surface area (Å²) in [6.07, 6.45) is 1.25. The summed E-state index contributed by atoms with van der Waals surface area (Å²) < 4.78 is 5.18. The molecule has 0 amide bonds. The fourth-order valence-corrected chi connectivity index (χ4v) is 2.07. The van der Waals surface area contributed by atoms with Crippen LogP contribution in [0, 0.1) is 5.92 Å². The summed E-state index contributed by atoms with van der Waals surface area (Å²) in [6, 6.07) is 8.51. The second-order valence-electron chi connectivity index (χ2n) is 3.97. The SMILES string of the molecule is COCc1ccccc1C1CC1CN. The predicted octanol–water partition coefficient (Wildman–Crippen LogP) is 1.90. The Balaban J connectivity index is 2.16. The Morgan fingerprint density at radius 2 is 2.21 bits per heavy atom. The van der Waals surface area contributed by atoms with Crippen LogP contribution in [0.2, 0.25) is 0 Å². The fraction of sp³-hybridized carbons (Fsp3) is 0.500. The van der Waals surface area contributed by atoms with Gasteiger partial charge in [0.2, 0.25) is 0 Å². The largest absolute Gasteiger partial charge is 0.380 e. The van der Waals surface area contributed by atoms with Crippen LogP contribution in [0.15, 0.2) is 24.3 Å². The molecular formula is C12H17NO. The molecule has 0 bridgehead atoms. The lowest BCUT2D eigenvalue weighted by Gasteiger charge is -2.07. The standard InChI is InChI=1S/C12H17NO/c1-14-8-9-4-2-3-5-11(9)12-6-10(12)7-13/h2-5,10,12H,6-8,13H2,1H3. The van der Waals surface area contributed by atoms with Gasteiger partial charge < -0.3 is 10.5 Å². The second-order valence-corrected chi connectivity index (χ2v) is 3.97. The Hall–Kier alpha value is -0.860. The summed E-state index contributed by atoms with van der Waals surface area (Å²) >= 11 is 0. The maximum Gasteiger partial charge on any atom is 0.0715 e. The molecule has 1 aliphatic carbocycles. The average Bonchev–Trinajstić information content (AvgIpc) is 2.98. The van der Waals surface area contributed by atoms with Crippen LogP contribution in [-0.2, 0) is 11.3 Å². The Bertz CT molecular complexity index is 311. The summed E-state index contributed by atoms with van der Waals surface area (Å²) in [5.41, 5.74) is 8.41. The molecule has 1 fully saturated rings. The molecule has 0 heterocycles. The molecule has 76 valence electrons. The van der Waals surface area contributed by atoms with E-state index in [1.807, 2.05) is 0 Å². The Labute approximate surface area is 85.1 Å². The van der Waals surface area contributed by atoms with Crippen molar-refractivity contribution in [3.8, 4) is 0 Å². The number of hydrogen-bond donors (Lipinski definition) is 1. The number of ether oxygens (including phenoxy) is 1. The topological polar surface area (TPSA) is 35.2 Å². The number of nitrogens with two attached hydrogens (primary N) is 1. The molecule has 2 heteroatoms. The molecule has 1 saturated carbocycles. The maximum absolute atomic E-state index is 5.65. The van der Waals surface area contributed by atoms with Crippen molar-refractivity contribution < 1.29 is 4.74 Å². The Kier molecular flexibility index (Phi) is 2.85. The molecule has 0 radical (unpaired) electrons. The van der Waals surface area contributed by atoms with Crippen molar-refractivity contribution in [1.29, 1.82) is 0 Å². The van der Waals surface area contributed by atoms with Crippen molar-refractivity contribution in [3.63, 3.8) is 0 Å². The van der Waals surface area contributed by atoms with Crippen molar-refractivity contribution in [1.82, 2.24) is 0 Å². The van der Waals surface area contributed by atoms with Gasteiger partial charge >= 0.3 is 0 Å². The quantitative estimate of drug-likeness (QED) is 0.788. The van der Waals surface area contributed by atoms with E-state index in [4.69, 9.17) is 10.5 Å². The van der Waals surface area contributed by atoms with Crippen LogP contribution in [0.4, 0.5) is 0 Å². The third-order valence-corrected chi connectivity index (χ3v) is 2.98. The minimum atomic E-state index is 0.686. The maximum atomic E-state index is 5.65. The van der Waals surface area contributed by atoms with Gasteiger partial charge in [0.05, 0.1) is 6.61 Å². The normalized spacial score (nSPS) is 25.0. The van der Waals surface area contributed by atoms with E-state index in [-0.39, 0.29) is 0 Å². The lowest BCUT2D eigenvalue weighted by atomic mass is 10.0. The van der Waals surface area contributed by atoms with E-state index in [1.165, 1.54) is 17.5 Å². The van der Waals surface area contributed by atoms with Crippen LogP contribution >= 0.6 is 0 Å². The van der Waals surface area contributed by atoms with Gasteiger partial charge in [0.25, 0.3) is 0 Å². The van der Waals surface area contributed by atoms with E-state index >= 15 is 0 Å². The first-order chi connectivity index (χ1) is 6.86. The molecule has 14 heavy (non-hydrogen) atoms. The van der Waals surface area contributed by atoms with Crippen molar-refractivity contribution in [2.75, 3.05) is 13.7 Å². The Morgan fingerprint density at radius 1 is 1.43 bits per heavy atom. The first-order valence-corrected chi connectivity index (χ1v) is 5.13. The zero-order valence-electron chi connectivity index (χ0n) is 8.57. The molecule has 2 nitrogen and oxygen atoms in total. The van der Waals surface area contributed by atoms with Gasteiger partial charge in [-0.1, -0.05) is 24.3 Å². The van der Waals surface area contributed by atoms with Crippen molar-refractivity contribution in [2.45, 2.75) is 18.9 Å². The van der Waals surface area contributed by atoms with E-state index in [0.29, 0.717) is 18.4 Å². The molecule has 2 N–H and O–H groups in total. The van der Waals surface area contributed by atoms with Gasteiger partial charge in [-0.05, 0) is 35.9 Å². The molecule has 0 spiro atoms. The zero-order valence-corrected chi connectivity index (χ0v) is 8.57. The van der Waals surface area contributed by atoms with Crippen molar-refractivity contribution in [2.24, 2.45) is 11.7 Å². The first kappa shape index (κ1) is 9.69. The van der Waals surface area contributed by atoms with E-state index in [2.05, 4.69) is 24.3 Å². The van der Waals surface area contributed by atoms with Gasteiger partial charge in [0.15, 0.2) is 0 Å². The minimum absolute atomic E-state index is 0.686. The number of methoxy groups -OCH3 is 1. The third kappa shape index (κ3) is 1.81. The fourth-order valence-electron chi connectivity index (χ4n) is 2.07. The predicted molar refractivity (Wildman–Crippen MR) is 57.1 cm³/mol. The lowest BCUT2D eigenvalue weighted by molar-refractivity contribution is 0.184. The first-order valence-electron chi connectivity index (χ1n) is 5.13. The van der Waals surface area contributed by atoms with Gasteiger partial charge in [-0.25, -0.2) is 0 Å². The number of benzene rings is 1. The zero-order chi connectivity index (χ0) is 9.97. The highest BCUT2D eigenvalue weighted by atomic mass is 16.5. The van der Waals surface area contributed by atoms with Crippen LogP contribution < -0.4 is 5.73 Å². The monoisotopic (exact) mass is 191 g/mol. The van der Waals surface area contributed by atoms with Crippen LogP contribution in [0.3, 0.4) is 0 Å². The van der Waals surface area contributed by atoms with Crippen LogP contribution in [0.25, 0.3) is 0 Å². The Morgan fingerprint density at radius 3 is 2.86 bits per heavy atom. The van der Waals surface area contributed by atoms with Gasteiger partial charge in [0, 0.05) is 7.11 Å². The van der Waals surface area contributed by atoms with Gasteiger partial charge in [0.1, 0.15) is 0 Å². The summed E-state index contributed by atoms with van der Waals surface area (Å²) in [5, 5.41) is 0. The molecule has 0 saturated heterocycles. The van der Waals surface area contributed by atoms with Gasteiger partial charge in [-0.15, -0.1) is 0 Å². The highest BCUT2D eigenvalue weighted by Gasteiger charge is 2.37. The van der Waals surface area contributed by atoms with E-state index in [9.17, 15) is 0 Å². The molecule has 2 unspecified atom stereocenters. The summed E-state index contributed by atoms with van der Waals surface area (Å²) in [5.74, 6) is 1.39. The summed E-state index contributed by atoms with van der Waals surface area (Å²) in [7, 11) is 1.74. The molecular weight excluding hydrogens is 174 g/mol. The number of rotatable bonds is 4. The van der Waals surface area contributed by atoms with Crippen molar-refractivity contribution >= 4 is 0 Å². The average molecular weight is 191 g/mol. The minimum Gasteiger partial charge on any atom is -0.380 e.